The van der Waals surface area contributed by atoms with Gasteiger partial charge < -0.3 is 10.6 Å². The Labute approximate surface area is 111 Å². The zero-order valence-corrected chi connectivity index (χ0v) is 11.9. The van der Waals surface area contributed by atoms with E-state index in [1.165, 1.54) is 37.2 Å². The highest BCUT2D eigenvalue weighted by molar-refractivity contribution is 5.48. The van der Waals surface area contributed by atoms with Gasteiger partial charge in [0.2, 0.25) is 0 Å². The van der Waals surface area contributed by atoms with Crippen molar-refractivity contribution < 1.29 is 0 Å². The molecule has 0 aromatic heterocycles. The third kappa shape index (κ3) is 3.05. The maximum atomic E-state index is 5.88. The summed E-state index contributed by atoms with van der Waals surface area (Å²) in [5.74, 6) is 1.73. The molecule has 1 saturated heterocycles. The van der Waals surface area contributed by atoms with E-state index < -0.39 is 0 Å². The molecule has 0 amide bonds. The molecule has 1 aliphatic rings. The molecule has 1 aromatic rings. The van der Waals surface area contributed by atoms with Gasteiger partial charge in [-0.3, -0.25) is 0 Å². The number of hydrogen-bond donors (Lipinski definition) is 1. The highest BCUT2D eigenvalue weighted by Gasteiger charge is 2.21. The summed E-state index contributed by atoms with van der Waals surface area (Å²) >= 11 is 0. The van der Waals surface area contributed by atoms with Crippen LogP contribution in [0.3, 0.4) is 0 Å². The molecular weight excluding hydrogens is 220 g/mol. The summed E-state index contributed by atoms with van der Waals surface area (Å²) in [5.41, 5.74) is 8.45. The molecule has 0 spiro atoms. The van der Waals surface area contributed by atoms with Crippen LogP contribution in [0.1, 0.15) is 45.2 Å². The molecule has 1 fully saturated rings. The van der Waals surface area contributed by atoms with Gasteiger partial charge in [-0.05, 0) is 49.3 Å². The molecule has 2 N–H and O–H groups in total. The first-order chi connectivity index (χ1) is 8.58. The van der Waals surface area contributed by atoms with E-state index in [0.29, 0.717) is 0 Å². The van der Waals surface area contributed by atoms with Crippen molar-refractivity contribution in [3.63, 3.8) is 0 Å². The fraction of sp³-hybridized carbons (Fsp3) is 0.625. The molecule has 1 aliphatic heterocycles. The Morgan fingerprint density at radius 3 is 2.06 bits per heavy atom. The number of benzene rings is 1. The van der Waals surface area contributed by atoms with Crippen LogP contribution < -0.4 is 10.6 Å². The normalized spacial score (nSPS) is 19.3. The van der Waals surface area contributed by atoms with Crippen molar-refractivity contribution in [3.05, 3.63) is 29.8 Å². The average molecular weight is 246 g/mol. The first-order valence-electron chi connectivity index (χ1n) is 7.18. The van der Waals surface area contributed by atoms with Gasteiger partial charge in [0.1, 0.15) is 0 Å². The van der Waals surface area contributed by atoms with Gasteiger partial charge >= 0.3 is 0 Å². The number of rotatable bonds is 3. The molecule has 0 radical (unpaired) electrons. The monoisotopic (exact) mass is 246 g/mol. The van der Waals surface area contributed by atoms with Crippen LogP contribution in [0.25, 0.3) is 0 Å². The summed E-state index contributed by atoms with van der Waals surface area (Å²) in [6.07, 6.45) is 2.65. The van der Waals surface area contributed by atoms with E-state index in [0.717, 1.165) is 11.8 Å². The number of piperidine rings is 1. The summed E-state index contributed by atoms with van der Waals surface area (Å²) in [6.45, 7) is 9.11. The second-order valence-corrected chi connectivity index (χ2v) is 5.95. The van der Waals surface area contributed by atoms with Crippen molar-refractivity contribution in [3.8, 4) is 0 Å². The molecule has 0 unspecified atom stereocenters. The fourth-order valence-electron chi connectivity index (χ4n) is 2.81. The van der Waals surface area contributed by atoms with Crippen molar-refractivity contribution >= 4 is 5.69 Å². The van der Waals surface area contributed by atoms with E-state index in [-0.39, 0.29) is 6.04 Å². The summed E-state index contributed by atoms with van der Waals surface area (Å²) in [7, 11) is 0. The third-order valence-electron chi connectivity index (χ3n) is 4.27. The first-order valence-corrected chi connectivity index (χ1v) is 7.18. The summed E-state index contributed by atoms with van der Waals surface area (Å²) in [5, 5.41) is 0. The van der Waals surface area contributed by atoms with E-state index in [1.54, 1.807) is 0 Å². The molecule has 1 atom stereocenters. The minimum atomic E-state index is 0.130. The number of nitrogens with zero attached hydrogens (tertiary/aromatic N) is 1. The second-order valence-electron chi connectivity index (χ2n) is 5.95. The Bertz CT molecular complexity index is 359. The van der Waals surface area contributed by atoms with Crippen molar-refractivity contribution in [1.29, 1.82) is 0 Å². The lowest BCUT2D eigenvalue weighted by atomic mass is 9.86. The Morgan fingerprint density at radius 2 is 1.61 bits per heavy atom. The zero-order chi connectivity index (χ0) is 13.1. The van der Waals surface area contributed by atoms with Gasteiger partial charge in [0.25, 0.3) is 0 Å². The minimum Gasteiger partial charge on any atom is -0.372 e. The Kier molecular flexibility index (Phi) is 4.28. The number of anilines is 1. The van der Waals surface area contributed by atoms with Gasteiger partial charge in [0, 0.05) is 24.8 Å². The molecule has 18 heavy (non-hydrogen) atoms. The van der Waals surface area contributed by atoms with E-state index in [9.17, 15) is 0 Å². The number of nitrogens with two attached hydrogens (primary N) is 1. The van der Waals surface area contributed by atoms with Crippen LogP contribution in [0, 0.1) is 11.8 Å². The molecule has 2 nitrogen and oxygen atoms in total. The molecule has 0 saturated carbocycles. The minimum absolute atomic E-state index is 0.130. The highest BCUT2D eigenvalue weighted by Crippen LogP contribution is 2.28. The molecular formula is C16H26N2. The fourth-order valence-corrected chi connectivity index (χ4v) is 2.81. The molecule has 2 heteroatoms. The molecule has 2 rings (SSSR count). The highest BCUT2D eigenvalue weighted by atomic mass is 15.1. The summed E-state index contributed by atoms with van der Waals surface area (Å²) in [4.78, 5) is 2.50. The lowest BCUT2D eigenvalue weighted by molar-refractivity contribution is 0.311. The van der Waals surface area contributed by atoms with Crippen LogP contribution in [0.5, 0.6) is 0 Å². The quantitative estimate of drug-likeness (QED) is 0.883. The lowest BCUT2D eigenvalue weighted by Gasteiger charge is -2.35. The van der Waals surface area contributed by atoms with E-state index in [1.807, 2.05) is 6.92 Å². The van der Waals surface area contributed by atoms with Gasteiger partial charge in [-0.2, -0.15) is 0 Å². The summed E-state index contributed by atoms with van der Waals surface area (Å²) in [6, 6.07) is 8.89. The van der Waals surface area contributed by atoms with Gasteiger partial charge in [0.05, 0.1) is 0 Å². The van der Waals surface area contributed by atoms with E-state index in [2.05, 4.69) is 43.0 Å². The maximum absolute atomic E-state index is 5.88. The number of hydrogen-bond acceptors (Lipinski definition) is 2. The standard InChI is InChI=1S/C16H26N2/c1-12(2)14-8-10-18(11-9-14)16-6-4-15(5-7-16)13(3)17/h4-7,12-14H,8-11,17H2,1-3H3/t13-/m1/s1. The van der Waals surface area contributed by atoms with Crippen LogP contribution >= 0.6 is 0 Å². The van der Waals surface area contributed by atoms with Crippen molar-refractivity contribution in [2.24, 2.45) is 17.6 Å². The second kappa shape index (κ2) is 5.75. The predicted molar refractivity (Wildman–Crippen MR) is 78.8 cm³/mol. The van der Waals surface area contributed by atoms with Gasteiger partial charge in [-0.25, -0.2) is 0 Å². The SMILES string of the molecule is CC(C)C1CCN(c2ccc([C@@H](C)N)cc2)CC1. The van der Waals surface area contributed by atoms with Crippen molar-refractivity contribution in [2.75, 3.05) is 18.0 Å². The van der Waals surface area contributed by atoms with Crippen molar-refractivity contribution in [2.45, 2.75) is 39.7 Å². The largest absolute Gasteiger partial charge is 0.372 e. The van der Waals surface area contributed by atoms with E-state index in [4.69, 9.17) is 5.73 Å². The predicted octanol–water partition coefficient (Wildman–Crippen LogP) is 3.58. The van der Waals surface area contributed by atoms with Crippen LogP contribution in [0.4, 0.5) is 5.69 Å². The molecule has 1 heterocycles. The smallest absolute Gasteiger partial charge is 0.0366 e. The average Bonchev–Trinajstić information content (AvgIpc) is 2.39. The Balaban J connectivity index is 1.97. The van der Waals surface area contributed by atoms with E-state index >= 15 is 0 Å². The third-order valence-corrected chi connectivity index (χ3v) is 4.27. The van der Waals surface area contributed by atoms with Crippen LogP contribution in [0.15, 0.2) is 24.3 Å². The van der Waals surface area contributed by atoms with Crippen LogP contribution in [-0.4, -0.2) is 13.1 Å². The Hall–Kier alpha value is -1.02. The summed E-state index contributed by atoms with van der Waals surface area (Å²) < 4.78 is 0. The van der Waals surface area contributed by atoms with Crippen molar-refractivity contribution in [1.82, 2.24) is 0 Å². The zero-order valence-electron chi connectivity index (χ0n) is 11.9. The van der Waals surface area contributed by atoms with Crippen LogP contribution in [0.2, 0.25) is 0 Å². The topological polar surface area (TPSA) is 29.3 Å². The Morgan fingerprint density at radius 1 is 1.06 bits per heavy atom. The lowest BCUT2D eigenvalue weighted by Crippen LogP contribution is -2.35. The first kappa shape index (κ1) is 13.4. The van der Waals surface area contributed by atoms with Gasteiger partial charge in [0.15, 0.2) is 0 Å². The van der Waals surface area contributed by atoms with Gasteiger partial charge in [-0.15, -0.1) is 0 Å². The molecule has 1 aromatic carbocycles. The van der Waals surface area contributed by atoms with Crippen LogP contribution in [-0.2, 0) is 0 Å². The molecule has 0 bridgehead atoms. The molecule has 0 aliphatic carbocycles. The van der Waals surface area contributed by atoms with Gasteiger partial charge in [-0.1, -0.05) is 26.0 Å². The maximum Gasteiger partial charge on any atom is 0.0366 e. The molecule has 100 valence electrons.